The number of thiazole rings is 1. The Morgan fingerprint density at radius 3 is 2.76 bits per heavy atom. The second kappa shape index (κ2) is 10.6. The van der Waals surface area contributed by atoms with Gasteiger partial charge in [0, 0.05) is 49.7 Å². The summed E-state index contributed by atoms with van der Waals surface area (Å²) < 4.78 is 11.9. The van der Waals surface area contributed by atoms with Crippen molar-refractivity contribution in [2.75, 3.05) is 54.5 Å². The van der Waals surface area contributed by atoms with Crippen LogP contribution in [0.3, 0.4) is 0 Å². The van der Waals surface area contributed by atoms with Crippen LogP contribution in [0.2, 0.25) is 0 Å². The van der Waals surface area contributed by atoms with Crippen molar-refractivity contribution in [2.45, 2.75) is 19.4 Å². The molecule has 0 aromatic carbocycles. The number of ether oxygens (including phenoxy) is 1. The van der Waals surface area contributed by atoms with Crippen LogP contribution in [-0.4, -0.2) is 71.3 Å². The van der Waals surface area contributed by atoms with Crippen molar-refractivity contribution in [3.05, 3.63) is 42.0 Å². The number of nitrogens with two attached hydrogens (primary N) is 1. The number of aromatic nitrogens is 4. The highest BCUT2D eigenvalue weighted by Gasteiger charge is 2.26. The highest BCUT2D eigenvalue weighted by Crippen LogP contribution is 2.36. The van der Waals surface area contributed by atoms with E-state index in [2.05, 4.69) is 25.1 Å². The standard InChI is InChI=1S/C24H26N8O3S.H2S/c1-14-10-15(2-4-26-14)23-28-18(13-35-23)22(33)27-17-11-19-20(29-21(17)32-5-3-16(25)12-32)30-24(36-19)31-6-8-34-9-7-31;/h2,4,10-11,13,16H,3,5-9,12,25H2,1H3,(H,27,33);1H2/t16-;/m0./s1. The van der Waals surface area contributed by atoms with E-state index in [-0.39, 0.29) is 31.1 Å². The topological polar surface area (TPSA) is 136 Å². The van der Waals surface area contributed by atoms with Crippen LogP contribution >= 0.6 is 24.8 Å². The number of rotatable bonds is 5. The van der Waals surface area contributed by atoms with Gasteiger partial charge in [-0.1, -0.05) is 11.3 Å². The van der Waals surface area contributed by atoms with Crippen LogP contribution in [0.15, 0.2) is 35.1 Å². The second-order valence-corrected chi connectivity index (χ2v) is 9.96. The van der Waals surface area contributed by atoms with Gasteiger partial charge in [0.2, 0.25) is 5.89 Å². The number of nitrogens with zero attached hydrogens (tertiary/aromatic N) is 6. The van der Waals surface area contributed by atoms with Crippen LogP contribution in [0, 0.1) is 6.92 Å². The third-order valence-corrected chi connectivity index (χ3v) is 7.34. The summed E-state index contributed by atoms with van der Waals surface area (Å²) in [4.78, 5) is 35.7. The van der Waals surface area contributed by atoms with E-state index in [1.54, 1.807) is 23.6 Å². The number of hydrogen-bond donors (Lipinski definition) is 2. The maximum atomic E-state index is 13.2. The van der Waals surface area contributed by atoms with Gasteiger partial charge < -0.3 is 30.0 Å². The molecule has 37 heavy (non-hydrogen) atoms. The number of oxazole rings is 1. The molecule has 2 aliphatic heterocycles. The first-order valence-electron chi connectivity index (χ1n) is 11.9. The number of hydrogen-bond acceptors (Lipinski definition) is 11. The Bertz CT molecular complexity index is 1420. The Hall–Kier alpha value is -3.26. The summed E-state index contributed by atoms with van der Waals surface area (Å²) in [6.45, 7) is 6.26. The molecule has 0 spiro atoms. The normalized spacial score (nSPS) is 17.7. The molecular formula is C24H28N8O3S2. The Morgan fingerprint density at radius 2 is 2.00 bits per heavy atom. The van der Waals surface area contributed by atoms with Gasteiger partial charge in [0.25, 0.3) is 5.91 Å². The molecule has 2 fully saturated rings. The first-order valence-corrected chi connectivity index (χ1v) is 12.7. The SMILES string of the molecule is Cc1cc(-c2nc(C(=O)Nc3cc4sc(N5CCOCC5)nc4nc3N3CC[C@H](N)C3)co2)ccn1.S. The monoisotopic (exact) mass is 540 g/mol. The van der Waals surface area contributed by atoms with Gasteiger partial charge in [0.05, 0.1) is 23.6 Å². The van der Waals surface area contributed by atoms with Crippen molar-refractivity contribution >= 4 is 57.7 Å². The molecule has 0 unspecified atom stereocenters. The zero-order valence-electron chi connectivity index (χ0n) is 20.3. The van der Waals surface area contributed by atoms with Gasteiger partial charge in [-0.2, -0.15) is 18.5 Å². The van der Waals surface area contributed by atoms with E-state index in [9.17, 15) is 4.79 Å². The molecule has 13 heteroatoms. The molecular weight excluding hydrogens is 512 g/mol. The lowest BCUT2D eigenvalue weighted by atomic mass is 10.2. The fraction of sp³-hybridized carbons (Fsp3) is 0.375. The number of morpholine rings is 1. The Kier molecular flexibility index (Phi) is 7.29. The van der Waals surface area contributed by atoms with Gasteiger partial charge >= 0.3 is 0 Å². The zero-order valence-corrected chi connectivity index (χ0v) is 22.1. The number of amides is 1. The highest BCUT2D eigenvalue weighted by molar-refractivity contribution is 7.59. The maximum absolute atomic E-state index is 13.2. The molecule has 194 valence electrons. The third-order valence-electron chi connectivity index (χ3n) is 6.29. The average Bonchev–Trinajstić information content (AvgIpc) is 3.63. The summed E-state index contributed by atoms with van der Waals surface area (Å²) >= 11 is 1.56. The quantitative estimate of drug-likeness (QED) is 0.389. The number of pyridine rings is 2. The fourth-order valence-electron chi connectivity index (χ4n) is 4.42. The van der Waals surface area contributed by atoms with Crippen molar-refractivity contribution in [1.29, 1.82) is 0 Å². The minimum Gasteiger partial charge on any atom is -0.444 e. The number of aryl methyl sites for hydroxylation is 1. The summed E-state index contributed by atoms with van der Waals surface area (Å²) in [5, 5.41) is 3.91. The Morgan fingerprint density at radius 1 is 1.16 bits per heavy atom. The van der Waals surface area contributed by atoms with Gasteiger partial charge in [-0.3, -0.25) is 9.78 Å². The molecule has 3 N–H and O–H groups in total. The van der Waals surface area contributed by atoms with Crippen molar-refractivity contribution < 1.29 is 13.9 Å². The van der Waals surface area contributed by atoms with Gasteiger partial charge in [-0.25, -0.2) is 9.97 Å². The predicted molar refractivity (Wildman–Crippen MR) is 148 cm³/mol. The van der Waals surface area contributed by atoms with E-state index in [1.807, 2.05) is 19.1 Å². The molecule has 11 nitrogen and oxygen atoms in total. The van der Waals surface area contributed by atoms with E-state index < -0.39 is 0 Å². The molecule has 2 saturated heterocycles. The summed E-state index contributed by atoms with van der Waals surface area (Å²) in [6, 6.07) is 5.65. The van der Waals surface area contributed by atoms with E-state index in [0.29, 0.717) is 42.8 Å². The number of carbonyl (C=O) groups excluding carboxylic acids is 1. The molecule has 1 amide bonds. The molecule has 0 radical (unpaired) electrons. The maximum Gasteiger partial charge on any atom is 0.277 e. The van der Waals surface area contributed by atoms with Gasteiger partial charge in [0.15, 0.2) is 22.3 Å². The first-order chi connectivity index (χ1) is 17.5. The second-order valence-electron chi connectivity index (χ2n) is 8.95. The van der Waals surface area contributed by atoms with Gasteiger partial charge in [-0.15, -0.1) is 0 Å². The summed E-state index contributed by atoms with van der Waals surface area (Å²) in [5.41, 5.74) is 9.21. The first kappa shape index (κ1) is 25.4. The van der Waals surface area contributed by atoms with Crippen LogP contribution in [0.5, 0.6) is 0 Å². The number of nitrogens with one attached hydrogen (secondary N) is 1. The lowest BCUT2D eigenvalue weighted by Gasteiger charge is -2.25. The molecule has 0 aliphatic carbocycles. The van der Waals surface area contributed by atoms with E-state index in [4.69, 9.17) is 24.9 Å². The minimum absolute atomic E-state index is 0. The number of fused-ring (bicyclic) bond motifs is 1. The van der Waals surface area contributed by atoms with Crippen LogP contribution < -0.4 is 20.9 Å². The lowest BCUT2D eigenvalue weighted by molar-refractivity contribution is 0.102. The van der Waals surface area contributed by atoms with Crippen LogP contribution in [0.1, 0.15) is 22.6 Å². The molecule has 4 aromatic rings. The third kappa shape index (κ3) is 5.25. The van der Waals surface area contributed by atoms with Crippen molar-refractivity contribution in [2.24, 2.45) is 5.73 Å². The van der Waals surface area contributed by atoms with Crippen molar-refractivity contribution in [3.63, 3.8) is 0 Å². The molecule has 6 rings (SSSR count). The zero-order chi connectivity index (χ0) is 24.6. The summed E-state index contributed by atoms with van der Waals surface area (Å²) in [5.74, 6) is 0.651. The molecule has 0 bridgehead atoms. The number of anilines is 3. The van der Waals surface area contributed by atoms with E-state index >= 15 is 0 Å². The molecule has 0 saturated carbocycles. The highest BCUT2D eigenvalue weighted by atomic mass is 32.1. The fourth-order valence-corrected chi connectivity index (χ4v) is 5.42. The molecule has 2 aliphatic rings. The lowest BCUT2D eigenvalue weighted by Crippen LogP contribution is -2.36. The van der Waals surface area contributed by atoms with Gasteiger partial charge in [-0.05, 0) is 31.5 Å². The average molecular weight is 541 g/mol. The number of carbonyl (C=O) groups is 1. The van der Waals surface area contributed by atoms with Crippen LogP contribution in [-0.2, 0) is 4.74 Å². The molecule has 4 aromatic heterocycles. The predicted octanol–water partition coefficient (Wildman–Crippen LogP) is 2.79. The minimum atomic E-state index is -0.375. The van der Waals surface area contributed by atoms with Crippen molar-refractivity contribution in [3.8, 4) is 11.5 Å². The van der Waals surface area contributed by atoms with Crippen LogP contribution in [0.4, 0.5) is 16.6 Å². The van der Waals surface area contributed by atoms with E-state index in [0.717, 1.165) is 47.1 Å². The van der Waals surface area contributed by atoms with Crippen LogP contribution in [0.25, 0.3) is 21.8 Å². The molecule has 1 atom stereocenters. The smallest absolute Gasteiger partial charge is 0.277 e. The van der Waals surface area contributed by atoms with Crippen molar-refractivity contribution in [1.82, 2.24) is 19.9 Å². The Balaban J connectivity index is 0.00000280. The molecule has 6 heterocycles. The largest absolute Gasteiger partial charge is 0.444 e. The van der Waals surface area contributed by atoms with E-state index in [1.165, 1.54) is 6.26 Å². The summed E-state index contributed by atoms with van der Waals surface area (Å²) in [6.07, 6.45) is 3.91. The van der Waals surface area contributed by atoms with Gasteiger partial charge in [0.1, 0.15) is 6.26 Å². The summed E-state index contributed by atoms with van der Waals surface area (Å²) in [7, 11) is 0. The Labute approximate surface area is 224 Å².